The molecule has 20 heavy (non-hydrogen) atoms. The van der Waals surface area contributed by atoms with Crippen LogP contribution in [0.1, 0.15) is 24.1 Å². The van der Waals surface area contributed by atoms with Gasteiger partial charge in [-0.15, -0.1) is 0 Å². The van der Waals surface area contributed by atoms with Gasteiger partial charge in [0.2, 0.25) is 0 Å². The topological polar surface area (TPSA) is 55.2 Å². The van der Waals surface area contributed by atoms with Crippen molar-refractivity contribution in [2.75, 3.05) is 0 Å². The van der Waals surface area contributed by atoms with Crippen LogP contribution in [-0.2, 0) is 6.54 Å². The molecule has 0 fully saturated rings. The van der Waals surface area contributed by atoms with Crippen LogP contribution >= 0.6 is 0 Å². The van der Waals surface area contributed by atoms with Crippen LogP contribution in [0.15, 0.2) is 48.5 Å². The highest BCUT2D eigenvalue weighted by atomic mass is 19.1. The molecule has 0 radical (unpaired) electrons. The van der Waals surface area contributed by atoms with Gasteiger partial charge in [0.05, 0.1) is 4.92 Å². The van der Waals surface area contributed by atoms with Crippen molar-refractivity contribution in [3.63, 3.8) is 0 Å². The molecule has 1 atom stereocenters. The molecule has 0 saturated carbocycles. The van der Waals surface area contributed by atoms with Gasteiger partial charge in [-0.1, -0.05) is 30.3 Å². The number of nitro benzene ring substituents is 1. The first-order valence-corrected chi connectivity index (χ1v) is 6.29. The van der Waals surface area contributed by atoms with E-state index in [1.807, 2.05) is 13.0 Å². The molecule has 4 nitrogen and oxygen atoms in total. The van der Waals surface area contributed by atoms with Gasteiger partial charge in [-0.2, -0.15) is 0 Å². The number of rotatable bonds is 5. The highest BCUT2D eigenvalue weighted by molar-refractivity contribution is 5.39. The van der Waals surface area contributed by atoms with Crippen molar-refractivity contribution >= 4 is 5.69 Å². The number of nitrogens with zero attached hydrogens (tertiary/aromatic N) is 1. The maximum Gasteiger partial charge on any atom is 0.273 e. The summed E-state index contributed by atoms with van der Waals surface area (Å²) in [6, 6.07) is 12.8. The molecule has 0 aromatic heterocycles. The summed E-state index contributed by atoms with van der Waals surface area (Å²) in [5.74, 6) is -0.290. The molecule has 1 N–H and O–H groups in total. The number of benzene rings is 2. The number of para-hydroxylation sites is 1. The maximum atomic E-state index is 13.1. The quantitative estimate of drug-likeness (QED) is 0.669. The predicted octanol–water partition coefficient (Wildman–Crippen LogP) is 3.58. The summed E-state index contributed by atoms with van der Waals surface area (Å²) in [7, 11) is 0. The van der Waals surface area contributed by atoms with Gasteiger partial charge in [0.1, 0.15) is 5.82 Å². The van der Waals surface area contributed by atoms with E-state index in [1.54, 1.807) is 24.3 Å². The van der Waals surface area contributed by atoms with Gasteiger partial charge in [-0.05, 0) is 24.6 Å². The number of halogens is 1. The number of hydrogen-bond acceptors (Lipinski definition) is 3. The fraction of sp³-hybridized carbons (Fsp3) is 0.200. The minimum atomic E-state index is -0.399. The Balaban J connectivity index is 2.07. The van der Waals surface area contributed by atoms with Crippen LogP contribution in [0.4, 0.5) is 10.1 Å². The van der Waals surface area contributed by atoms with Gasteiger partial charge in [-0.25, -0.2) is 4.39 Å². The first-order chi connectivity index (χ1) is 9.58. The maximum absolute atomic E-state index is 13.1. The molecule has 2 rings (SSSR count). The van der Waals surface area contributed by atoms with E-state index in [-0.39, 0.29) is 17.5 Å². The lowest BCUT2D eigenvalue weighted by Crippen LogP contribution is -2.18. The van der Waals surface area contributed by atoms with Crippen LogP contribution in [0.2, 0.25) is 0 Å². The van der Waals surface area contributed by atoms with Gasteiger partial charge in [0.15, 0.2) is 0 Å². The fourth-order valence-corrected chi connectivity index (χ4v) is 2.00. The van der Waals surface area contributed by atoms with Crippen LogP contribution in [-0.4, -0.2) is 4.92 Å². The van der Waals surface area contributed by atoms with Crippen molar-refractivity contribution in [1.29, 1.82) is 0 Å². The van der Waals surface area contributed by atoms with E-state index in [9.17, 15) is 14.5 Å². The molecule has 0 aliphatic rings. The Labute approximate surface area is 116 Å². The zero-order chi connectivity index (χ0) is 14.5. The Kier molecular flexibility index (Phi) is 4.42. The van der Waals surface area contributed by atoms with E-state index >= 15 is 0 Å². The summed E-state index contributed by atoms with van der Waals surface area (Å²) in [6.07, 6.45) is 0. The molecule has 0 spiro atoms. The first kappa shape index (κ1) is 14.1. The SMILES string of the molecule is C[C@H](NCc1ccccc1[N+](=O)[O-])c1cccc(F)c1. The lowest BCUT2D eigenvalue weighted by Gasteiger charge is -2.14. The zero-order valence-electron chi connectivity index (χ0n) is 11.0. The van der Waals surface area contributed by atoms with Crippen molar-refractivity contribution < 1.29 is 9.31 Å². The van der Waals surface area contributed by atoms with E-state index < -0.39 is 4.92 Å². The smallest absolute Gasteiger partial charge is 0.273 e. The van der Waals surface area contributed by atoms with Crippen molar-refractivity contribution in [1.82, 2.24) is 5.32 Å². The zero-order valence-corrected chi connectivity index (χ0v) is 11.0. The number of nitrogens with one attached hydrogen (secondary N) is 1. The van der Waals surface area contributed by atoms with E-state index in [0.717, 1.165) is 5.56 Å². The fourth-order valence-electron chi connectivity index (χ4n) is 2.00. The molecular formula is C15H15FN2O2. The normalized spacial score (nSPS) is 12.1. The molecule has 2 aromatic rings. The van der Waals surface area contributed by atoms with Gasteiger partial charge in [-0.3, -0.25) is 10.1 Å². The van der Waals surface area contributed by atoms with Crippen LogP contribution in [0.25, 0.3) is 0 Å². The Morgan fingerprint density at radius 2 is 2.00 bits per heavy atom. The number of hydrogen-bond donors (Lipinski definition) is 1. The van der Waals surface area contributed by atoms with Gasteiger partial charge >= 0.3 is 0 Å². The largest absolute Gasteiger partial charge is 0.306 e. The molecular weight excluding hydrogens is 259 g/mol. The van der Waals surface area contributed by atoms with Crippen molar-refractivity contribution in [2.45, 2.75) is 19.5 Å². The summed E-state index contributed by atoms with van der Waals surface area (Å²) < 4.78 is 13.1. The summed E-state index contributed by atoms with van der Waals surface area (Å²) in [4.78, 5) is 10.5. The standard InChI is InChI=1S/C15H15FN2O2/c1-11(12-6-4-7-14(16)9-12)17-10-13-5-2-3-8-15(13)18(19)20/h2-9,11,17H,10H2,1H3/t11-/m0/s1. The van der Waals surface area contributed by atoms with Crippen molar-refractivity contribution in [3.8, 4) is 0 Å². The van der Waals surface area contributed by atoms with Crippen LogP contribution < -0.4 is 5.32 Å². The average Bonchev–Trinajstić information content (AvgIpc) is 2.45. The minimum absolute atomic E-state index is 0.0893. The average molecular weight is 274 g/mol. The molecule has 0 amide bonds. The van der Waals surface area contributed by atoms with E-state index in [4.69, 9.17) is 0 Å². The predicted molar refractivity (Wildman–Crippen MR) is 74.8 cm³/mol. The van der Waals surface area contributed by atoms with Gasteiger partial charge in [0.25, 0.3) is 5.69 Å². The second kappa shape index (κ2) is 6.25. The summed E-state index contributed by atoms with van der Waals surface area (Å²) >= 11 is 0. The summed E-state index contributed by atoms with van der Waals surface area (Å²) in [5, 5.41) is 14.1. The Morgan fingerprint density at radius 1 is 1.25 bits per heavy atom. The Bertz CT molecular complexity index is 616. The molecule has 0 saturated heterocycles. The Morgan fingerprint density at radius 3 is 2.70 bits per heavy atom. The molecule has 5 heteroatoms. The molecule has 0 bridgehead atoms. The van der Waals surface area contributed by atoms with Gasteiger partial charge < -0.3 is 5.32 Å². The third-order valence-corrected chi connectivity index (χ3v) is 3.14. The molecule has 0 unspecified atom stereocenters. The third kappa shape index (κ3) is 3.39. The lowest BCUT2D eigenvalue weighted by atomic mass is 10.1. The molecule has 2 aromatic carbocycles. The van der Waals surface area contributed by atoms with E-state index in [0.29, 0.717) is 12.1 Å². The monoisotopic (exact) mass is 274 g/mol. The van der Waals surface area contributed by atoms with Crippen LogP contribution in [0.5, 0.6) is 0 Å². The van der Waals surface area contributed by atoms with E-state index in [1.165, 1.54) is 18.2 Å². The first-order valence-electron chi connectivity index (χ1n) is 6.29. The summed E-state index contributed by atoms with van der Waals surface area (Å²) in [5.41, 5.74) is 1.51. The lowest BCUT2D eigenvalue weighted by molar-refractivity contribution is -0.385. The summed E-state index contributed by atoms with van der Waals surface area (Å²) in [6.45, 7) is 2.25. The Hall–Kier alpha value is -2.27. The minimum Gasteiger partial charge on any atom is -0.306 e. The van der Waals surface area contributed by atoms with Crippen LogP contribution in [0, 0.1) is 15.9 Å². The molecule has 0 heterocycles. The molecule has 0 aliphatic carbocycles. The number of nitro groups is 1. The second-order valence-corrected chi connectivity index (χ2v) is 4.54. The highest BCUT2D eigenvalue weighted by Gasteiger charge is 2.13. The van der Waals surface area contributed by atoms with Gasteiger partial charge in [0, 0.05) is 24.2 Å². The van der Waals surface area contributed by atoms with E-state index in [2.05, 4.69) is 5.32 Å². The van der Waals surface area contributed by atoms with Crippen molar-refractivity contribution in [3.05, 3.63) is 75.6 Å². The highest BCUT2D eigenvalue weighted by Crippen LogP contribution is 2.19. The second-order valence-electron chi connectivity index (χ2n) is 4.54. The molecule has 104 valence electrons. The molecule has 0 aliphatic heterocycles. The van der Waals surface area contributed by atoms with Crippen LogP contribution in [0.3, 0.4) is 0 Å². The van der Waals surface area contributed by atoms with Crippen molar-refractivity contribution in [2.24, 2.45) is 0 Å². The third-order valence-electron chi connectivity index (χ3n) is 3.14.